The SMILES string of the molecule is COc1ccc(OC)c(N(CCNC(=O)c2cccc(Cl)c2)C(C)=O)c1. The van der Waals surface area contributed by atoms with Crippen LogP contribution in [0.25, 0.3) is 0 Å². The van der Waals surface area contributed by atoms with Gasteiger partial charge in [0.05, 0.1) is 19.9 Å². The van der Waals surface area contributed by atoms with Crippen molar-refractivity contribution in [1.29, 1.82) is 0 Å². The Morgan fingerprint density at radius 1 is 1.12 bits per heavy atom. The van der Waals surface area contributed by atoms with Crippen LogP contribution < -0.4 is 19.7 Å². The summed E-state index contributed by atoms with van der Waals surface area (Å²) in [6.07, 6.45) is 0. The molecule has 2 amide bonds. The predicted molar refractivity (Wildman–Crippen MR) is 101 cm³/mol. The van der Waals surface area contributed by atoms with Crippen LogP contribution in [0.2, 0.25) is 5.02 Å². The second-order valence-electron chi connectivity index (χ2n) is 5.47. The fraction of sp³-hybridized carbons (Fsp3) is 0.263. The van der Waals surface area contributed by atoms with Crippen molar-refractivity contribution >= 4 is 29.1 Å². The van der Waals surface area contributed by atoms with Crippen LogP contribution in [0.4, 0.5) is 5.69 Å². The number of nitrogens with one attached hydrogen (secondary N) is 1. The summed E-state index contributed by atoms with van der Waals surface area (Å²) >= 11 is 5.90. The molecule has 1 N–H and O–H groups in total. The van der Waals surface area contributed by atoms with E-state index >= 15 is 0 Å². The minimum atomic E-state index is -0.256. The summed E-state index contributed by atoms with van der Waals surface area (Å²) in [6.45, 7) is 2.01. The lowest BCUT2D eigenvalue weighted by molar-refractivity contribution is -0.116. The van der Waals surface area contributed by atoms with Gasteiger partial charge in [0.2, 0.25) is 5.91 Å². The lowest BCUT2D eigenvalue weighted by Crippen LogP contribution is -2.37. The molecule has 0 spiro atoms. The van der Waals surface area contributed by atoms with Crippen molar-refractivity contribution in [3.05, 3.63) is 53.1 Å². The molecule has 0 saturated carbocycles. The number of rotatable bonds is 7. The number of hydrogen-bond donors (Lipinski definition) is 1. The van der Waals surface area contributed by atoms with Crippen LogP contribution in [0.5, 0.6) is 11.5 Å². The van der Waals surface area contributed by atoms with E-state index in [9.17, 15) is 9.59 Å². The molecular weight excluding hydrogens is 356 g/mol. The normalized spacial score (nSPS) is 10.2. The fourth-order valence-corrected chi connectivity index (χ4v) is 2.66. The van der Waals surface area contributed by atoms with E-state index in [1.54, 1.807) is 49.6 Å². The molecule has 0 saturated heterocycles. The molecule has 26 heavy (non-hydrogen) atoms. The largest absolute Gasteiger partial charge is 0.497 e. The van der Waals surface area contributed by atoms with E-state index in [4.69, 9.17) is 21.1 Å². The number of nitrogens with zero attached hydrogens (tertiary/aromatic N) is 1. The second kappa shape index (κ2) is 9.10. The molecule has 0 aliphatic heterocycles. The van der Waals surface area contributed by atoms with Gasteiger partial charge in [-0.25, -0.2) is 0 Å². The van der Waals surface area contributed by atoms with Gasteiger partial charge in [-0.1, -0.05) is 17.7 Å². The van der Waals surface area contributed by atoms with Crippen LogP contribution in [-0.4, -0.2) is 39.1 Å². The van der Waals surface area contributed by atoms with Crippen LogP contribution in [0, 0.1) is 0 Å². The number of carbonyl (C=O) groups is 2. The van der Waals surface area contributed by atoms with Crippen molar-refractivity contribution in [3.8, 4) is 11.5 Å². The Kier molecular flexibility index (Phi) is 6.86. The molecule has 2 rings (SSSR count). The van der Waals surface area contributed by atoms with Gasteiger partial charge in [-0.2, -0.15) is 0 Å². The quantitative estimate of drug-likeness (QED) is 0.806. The molecule has 0 fully saturated rings. The topological polar surface area (TPSA) is 67.9 Å². The summed E-state index contributed by atoms with van der Waals surface area (Å²) in [5, 5.41) is 3.27. The van der Waals surface area contributed by atoms with E-state index in [0.29, 0.717) is 27.8 Å². The first kappa shape index (κ1) is 19.6. The molecule has 2 aromatic rings. The van der Waals surface area contributed by atoms with Gasteiger partial charge in [0.1, 0.15) is 11.5 Å². The Morgan fingerprint density at radius 3 is 2.50 bits per heavy atom. The molecule has 0 bridgehead atoms. The molecule has 138 valence electrons. The molecule has 0 aromatic heterocycles. The van der Waals surface area contributed by atoms with Gasteiger partial charge in [-0.3, -0.25) is 9.59 Å². The third kappa shape index (κ3) is 4.89. The lowest BCUT2D eigenvalue weighted by atomic mass is 10.2. The van der Waals surface area contributed by atoms with Gasteiger partial charge in [0.25, 0.3) is 5.91 Å². The summed E-state index contributed by atoms with van der Waals surface area (Å²) in [5.41, 5.74) is 1.04. The maximum Gasteiger partial charge on any atom is 0.251 e. The van der Waals surface area contributed by atoms with E-state index in [0.717, 1.165) is 0 Å². The highest BCUT2D eigenvalue weighted by atomic mass is 35.5. The lowest BCUT2D eigenvalue weighted by Gasteiger charge is -2.24. The van der Waals surface area contributed by atoms with Crippen molar-refractivity contribution in [2.75, 3.05) is 32.2 Å². The molecule has 7 heteroatoms. The standard InChI is InChI=1S/C19H21ClN2O4/c1-13(23)22(17-12-16(25-2)7-8-18(17)26-3)10-9-21-19(24)14-5-4-6-15(20)11-14/h4-8,11-12H,9-10H2,1-3H3,(H,21,24). The van der Waals surface area contributed by atoms with E-state index in [1.807, 2.05) is 0 Å². The summed E-state index contributed by atoms with van der Waals surface area (Å²) < 4.78 is 10.6. The maximum absolute atomic E-state index is 12.2. The van der Waals surface area contributed by atoms with Crippen molar-refractivity contribution in [3.63, 3.8) is 0 Å². The fourth-order valence-electron chi connectivity index (χ4n) is 2.47. The molecular formula is C19H21ClN2O4. The van der Waals surface area contributed by atoms with Crippen LogP contribution >= 0.6 is 11.6 Å². The van der Waals surface area contributed by atoms with Crippen LogP contribution in [0.15, 0.2) is 42.5 Å². The highest BCUT2D eigenvalue weighted by Gasteiger charge is 2.17. The molecule has 0 aliphatic rings. The van der Waals surface area contributed by atoms with Gasteiger partial charge in [-0.05, 0) is 30.3 Å². The third-order valence-corrected chi connectivity index (χ3v) is 4.00. The maximum atomic E-state index is 12.2. The Hall–Kier alpha value is -2.73. The highest BCUT2D eigenvalue weighted by molar-refractivity contribution is 6.30. The zero-order chi connectivity index (χ0) is 19.1. The van der Waals surface area contributed by atoms with Gasteiger partial charge >= 0.3 is 0 Å². The Balaban J connectivity index is 2.10. The summed E-state index contributed by atoms with van der Waals surface area (Å²) in [6, 6.07) is 11.9. The summed E-state index contributed by atoms with van der Waals surface area (Å²) in [7, 11) is 3.08. The molecule has 0 aliphatic carbocycles. The zero-order valence-corrected chi connectivity index (χ0v) is 15.7. The van der Waals surface area contributed by atoms with Crippen molar-refractivity contribution in [2.24, 2.45) is 0 Å². The number of carbonyl (C=O) groups excluding carboxylic acids is 2. The number of ether oxygens (including phenoxy) is 2. The van der Waals surface area contributed by atoms with Gasteiger partial charge in [0.15, 0.2) is 0 Å². The number of anilines is 1. The molecule has 0 radical (unpaired) electrons. The van der Waals surface area contributed by atoms with E-state index in [2.05, 4.69) is 5.32 Å². The first-order chi connectivity index (χ1) is 12.5. The van der Waals surface area contributed by atoms with E-state index < -0.39 is 0 Å². The van der Waals surface area contributed by atoms with E-state index in [1.165, 1.54) is 18.9 Å². The van der Waals surface area contributed by atoms with Gasteiger partial charge in [-0.15, -0.1) is 0 Å². The molecule has 0 unspecified atom stereocenters. The minimum absolute atomic E-state index is 0.173. The monoisotopic (exact) mass is 376 g/mol. The number of halogens is 1. The second-order valence-corrected chi connectivity index (χ2v) is 5.91. The van der Waals surface area contributed by atoms with Crippen LogP contribution in [0.1, 0.15) is 17.3 Å². The van der Waals surface area contributed by atoms with Gasteiger partial charge in [0, 0.05) is 36.7 Å². The first-order valence-corrected chi connectivity index (χ1v) is 8.38. The highest BCUT2D eigenvalue weighted by Crippen LogP contribution is 2.32. The average Bonchev–Trinajstić information content (AvgIpc) is 2.64. The Morgan fingerprint density at radius 2 is 1.88 bits per heavy atom. The first-order valence-electron chi connectivity index (χ1n) is 8.00. The van der Waals surface area contributed by atoms with Gasteiger partial charge < -0.3 is 19.7 Å². The molecule has 0 heterocycles. The molecule has 2 aromatic carbocycles. The van der Waals surface area contributed by atoms with Crippen molar-refractivity contribution < 1.29 is 19.1 Å². The van der Waals surface area contributed by atoms with E-state index in [-0.39, 0.29) is 24.9 Å². The summed E-state index contributed by atoms with van der Waals surface area (Å²) in [4.78, 5) is 25.8. The van der Waals surface area contributed by atoms with Crippen molar-refractivity contribution in [1.82, 2.24) is 5.32 Å². The molecule has 6 nitrogen and oxygen atoms in total. The minimum Gasteiger partial charge on any atom is -0.497 e. The third-order valence-electron chi connectivity index (χ3n) is 3.76. The average molecular weight is 377 g/mol. The van der Waals surface area contributed by atoms with Crippen LogP contribution in [0.3, 0.4) is 0 Å². The number of methoxy groups -OCH3 is 2. The Labute approximate surface area is 157 Å². The van der Waals surface area contributed by atoms with Crippen LogP contribution in [-0.2, 0) is 4.79 Å². The van der Waals surface area contributed by atoms with Crippen molar-refractivity contribution in [2.45, 2.75) is 6.92 Å². The predicted octanol–water partition coefficient (Wildman–Crippen LogP) is 3.14. The Bertz CT molecular complexity index is 795. The zero-order valence-electron chi connectivity index (χ0n) is 14.9. The number of hydrogen-bond acceptors (Lipinski definition) is 4. The summed E-state index contributed by atoms with van der Waals surface area (Å²) in [5.74, 6) is 0.722. The number of amides is 2. The smallest absolute Gasteiger partial charge is 0.251 e. The molecule has 0 atom stereocenters. The number of benzene rings is 2.